The minimum absolute atomic E-state index is 0.118. The SMILES string of the molecule is Cc1ccc(-c2nnc(SCC(=O)Nc3c(F)cccc3F)n2-c2ccc(Cl)cc2)cc1. The Bertz CT molecular complexity index is 1240. The first kappa shape index (κ1) is 22.0. The van der Waals surface area contributed by atoms with Gasteiger partial charge in [-0.05, 0) is 43.3 Å². The Morgan fingerprint density at radius 2 is 1.66 bits per heavy atom. The maximum atomic E-state index is 13.8. The van der Waals surface area contributed by atoms with Crippen LogP contribution in [0.4, 0.5) is 14.5 Å². The molecule has 0 aliphatic heterocycles. The van der Waals surface area contributed by atoms with Gasteiger partial charge in [-0.3, -0.25) is 9.36 Å². The van der Waals surface area contributed by atoms with Crippen LogP contribution < -0.4 is 5.32 Å². The molecule has 0 fully saturated rings. The number of rotatable bonds is 6. The molecule has 5 nitrogen and oxygen atoms in total. The number of amides is 1. The van der Waals surface area contributed by atoms with E-state index >= 15 is 0 Å². The summed E-state index contributed by atoms with van der Waals surface area (Å²) in [6, 6.07) is 18.4. The average molecular weight is 471 g/mol. The summed E-state index contributed by atoms with van der Waals surface area (Å²) in [6.45, 7) is 1.99. The number of anilines is 1. The molecule has 1 aromatic heterocycles. The van der Waals surface area contributed by atoms with E-state index in [1.807, 2.05) is 47.9 Å². The molecule has 1 N–H and O–H groups in total. The maximum Gasteiger partial charge on any atom is 0.235 e. The van der Waals surface area contributed by atoms with E-state index in [1.165, 1.54) is 6.07 Å². The number of aryl methyl sites for hydroxylation is 1. The summed E-state index contributed by atoms with van der Waals surface area (Å²) in [5, 5.41) is 11.9. The van der Waals surface area contributed by atoms with E-state index in [2.05, 4.69) is 15.5 Å². The first-order chi connectivity index (χ1) is 15.4. The molecule has 1 amide bonds. The number of para-hydroxylation sites is 1. The number of halogens is 3. The van der Waals surface area contributed by atoms with Gasteiger partial charge in [0.1, 0.15) is 17.3 Å². The quantitative estimate of drug-likeness (QED) is 0.356. The molecule has 0 aliphatic carbocycles. The number of hydrogen-bond acceptors (Lipinski definition) is 4. The average Bonchev–Trinajstić information content (AvgIpc) is 3.20. The topological polar surface area (TPSA) is 59.8 Å². The van der Waals surface area contributed by atoms with E-state index in [9.17, 15) is 13.6 Å². The lowest BCUT2D eigenvalue weighted by molar-refractivity contribution is -0.113. The fraction of sp³-hybridized carbons (Fsp3) is 0.0870. The lowest BCUT2D eigenvalue weighted by atomic mass is 10.1. The number of aromatic nitrogens is 3. The molecule has 0 saturated heterocycles. The number of benzene rings is 3. The highest BCUT2D eigenvalue weighted by Gasteiger charge is 2.18. The third-order valence-electron chi connectivity index (χ3n) is 4.59. The van der Waals surface area contributed by atoms with Crippen molar-refractivity contribution in [1.82, 2.24) is 14.8 Å². The van der Waals surface area contributed by atoms with Crippen molar-refractivity contribution < 1.29 is 13.6 Å². The standard InChI is InChI=1S/C23H17ClF2N4OS/c1-14-5-7-15(8-6-14)22-28-29-23(30(22)17-11-9-16(24)10-12-17)32-13-20(31)27-21-18(25)3-2-4-19(21)26/h2-12H,13H2,1H3,(H,27,31). The van der Waals surface area contributed by atoms with Gasteiger partial charge in [-0.2, -0.15) is 0 Å². The molecule has 0 atom stereocenters. The molecule has 32 heavy (non-hydrogen) atoms. The van der Waals surface area contributed by atoms with Crippen LogP contribution in [-0.2, 0) is 4.79 Å². The Labute approximate surface area is 192 Å². The number of thioether (sulfide) groups is 1. The summed E-state index contributed by atoms with van der Waals surface area (Å²) in [5.41, 5.74) is 2.25. The Kier molecular flexibility index (Phi) is 6.53. The van der Waals surface area contributed by atoms with Crippen molar-refractivity contribution in [3.8, 4) is 17.1 Å². The fourth-order valence-corrected chi connectivity index (χ4v) is 3.88. The van der Waals surface area contributed by atoms with Crippen molar-refractivity contribution in [1.29, 1.82) is 0 Å². The highest BCUT2D eigenvalue weighted by molar-refractivity contribution is 7.99. The lowest BCUT2D eigenvalue weighted by Crippen LogP contribution is -2.16. The minimum atomic E-state index is -0.839. The van der Waals surface area contributed by atoms with Crippen molar-refractivity contribution in [2.45, 2.75) is 12.1 Å². The van der Waals surface area contributed by atoms with Gasteiger partial charge < -0.3 is 5.32 Å². The number of nitrogens with zero attached hydrogens (tertiary/aromatic N) is 3. The van der Waals surface area contributed by atoms with Crippen LogP contribution >= 0.6 is 23.4 Å². The molecule has 0 unspecified atom stereocenters. The van der Waals surface area contributed by atoms with Crippen molar-refractivity contribution in [3.63, 3.8) is 0 Å². The smallest absolute Gasteiger partial charge is 0.235 e. The van der Waals surface area contributed by atoms with Crippen LogP contribution in [0, 0.1) is 18.6 Å². The van der Waals surface area contributed by atoms with Crippen molar-refractivity contribution in [2.24, 2.45) is 0 Å². The molecular weight excluding hydrogens is 454 g/mol. The molecule has 0 aliphatic rings. The molecule has 3 aromatic carbocycles. The van der Waals surface area contributed by atoms with Gasteiger partial charge in [0.2, 0.25) is 5.91 Å². The van der Waals surface area contributed by atoms with Gasteiger partial charge in [0.15, 0.2) is 11.0 Å². The lowest BCUT2D eigenvalue weighted by Gasteiger charge is -2.11. The van der Waals surface area contributed by atoms with Crippen molar-refractivity contribution in [3.05, 3.63) is 89.0 Å². The van der Waals surface area contributed by atoms with Gasteiger partial charge in [0.25, 0.3) is 0 Å². The highest BCUT2D eigenvalue weighted by Crippen LogP contribution is 2.29. The van der Waals surface area contributed by atoms with Crippen LogP contribution in [0.25, 0.3) is 17.1 Å². The fourth-order valence-electron chi connectivity index (χ4n) is 3.00. The zero-order chi connectivity index (χ0) is 22.7. The van der Waals surface area contributed by atoms with E-state index in [4.69, 9.17) is 11.6 Å². The van der Waals surface area contributed by atoms with Gasteiger partial charge >= 0.3 is 0 Å². The van der Waals surface area contributed by atoms with Gasteiger partial charge in [-0.1, -0.05) is 59.3 Å². The monoisotopic (exact) mass is 470 g/mol. The van der Waals surface area contributed by atoms with Crippen molar-refractivity contribution >= 4 is 35.0 Å². The predicted molar refractivity (Wildman–Crippen MR) is 122 cm³/mol. The summed E-state index contributed by atoms with van der Waals surface area (Å²) in [5.74, 6) is -1.77. The normalized spacial score (nSPS) is 10.9. The summed E-state index contributed by atoms with van der Waals surface area (Å²) in [6.07, 6.45) is 0. The van der Waals surface area contributed by atoms with Gasteiger partial charge in [-0.15, -0.1) is 10.2 Å². The Balaban J connectivity index is 1.61. The number of hydrogen-bond donors (Lipinski definition) is 1. The molecule has 4 aromatic rings. The second-order valence-corrected chi connectivity index (χ2v) is 8.30. The van der Waals surface area contributed by atoms with Crippen LogP contribution in [0.1, 0.15) is 5.56 Å². The summed E-state index contributed by atoms with van der Waals surface area (Å²) in [7, 11) is 0. The number of nitrogens with one attached hydrogen (secondary N) is 1. The zero-order valence-corrected chi connectivity index (χ0v) is 18.4. The molecule has 9 heteroatoms. The maximum absolute atomic E-state index is 13.8. The van der Waals surface area contributed by atoms with Gasteiger partial charge in [-0.25, -0.2) is 8.78 Å². The molecule has 1 heterocycles. The Morgan fingerprint density at radius 3 is 2.31 bits per heavy atom. The van der Waals surface area contributed by atoms with Gasteiger partial charge in [0.05, 0.1) is 5.75 Å². The van der Waals surface area contributed by atoms with Crippen LogP contribution in [0.3, 0.4) is 0 Å². The van der Waals surface area contributed by atoms with E-state index in [0.717, 1.165) is 40.7 Å². The van der Waals surface area contributed by atoms with Crippen LogP contribution in [0.15, 0.2) is 71.9 Å². The Hall–Kier alpha value is -3.23. The predicted octanol–water partition coefficient (Wildman–Crippen LogP) is 5.91. The third kappa shape index (κ3) is 4.81. The second-order valence-electron chi connectivity index (χ2n) is 6.92. The molecule has 0 radical (unpaired) electrons. The van der Waals surface area contributed by atoms with Crippen LogP contribution in [0.5, 0.6) is 0 Å². The largest absolute Gasteiger partial charge is 0.320 e. The van der Waals surface area contributed by atoms with Crippen LogP contribution in [-0.4, -0.2) is 26.4 Å². The van der Waals surface area contributed by atoms with E-state index in [-0.39, 0.29) is 5.75 Å². The first-order valence-corrected chi connectivity index (χ1v) is 10.9. The van der Waals surface area contributed by atoms with Crippen LogP contribution in [0.2, 0.25) is 5.02 Å². The Morgan fingerprint density at radius 1 is 1.00 bits per heavy atom. The third-order valence-corrected chi connectivity index (χ3v) is 5.77. The summed E-state index contributed by atoms with van der Waals surface area (Å²) < 4.78 is 29.4. The summed E-state index contributed by atoms with van der Waals surface area (Å²) in [4.78, 5) is 12.4. The van der Waals surface area contributed by atoms with E-state index < -0.39 is 23.2 Å². The van der Waals surface area contributed by atoms with Crippen molar-refractivity contribution in [2.75, 3.05) is 11.1 Å². The second kappa shape index (κ2) is 9.50. The van der Waals surface area contributed by atoms with E-state index in [0.29, 0.717) is 16.0 Å². The molecule has 162 valence electrons. The highest BCUT2D eigenvalue weighted by atomic mass is 35.5. The molecule has 4 rings (SSSR count). The summed E-state index contributed by atoms with van der Waals surface area (Å²) >= 11 is 7.14. The minimum Gasteiger partial charge on any atom is -0.320 e. The first-order valence-electron chi connectivity index (χ1n) is 9.57. The number of carbonyl (C=O) groups is 1. The van der Waals surface area contributed by atoms with E-state index in [1.54, 1.807) is 12.1 Å². The number of carbonyl (C=O) groups excluding carboxylic acids is 1. The molecule has 0 bridgehead atoms. The molecule has 0 saturated carbocycles. The van der Waals surface area contributed by atoms with Gasteiger partial charge in [0, 0.05) is 16.3 Å². The molecular formula is C23H17ClF2N4OS. The molecule has 0 spiro atoms. The zero-order valence-electron chi connectivity index (χ0n) is 16.8.